The number of carbonyl (C=O) groups is 1. The van der Waals surface area contributed by atoms with Crippen molar-refractivity contribution in [3.8, 4) is 5.75 Å². The van der Waals surface area contributed by atoms with E-state index in [1.807, 2.05) is 24.3 Å². The third-order valence-corrected chi connectivity index (χ3v) is 3.81. The number of hydrogen-bond donors (Lipinski definition) is 0. The minimum absolute atomic E-state index is 0.0955. The highest BCUT2D eigenvalue weighted by Gasteiger charge is 2.07. The normalized spacial score (nSPS) is 10.6. The second-order valence-electron chi connectivity index (χ2n) is 5.66. The van der Waals surface area contributed by atoms with E-state index < -0.39 is 0 Å². The van der Waals surface area contributed by atoms with Crippen LogP contribution in [-0.2, 0) is 11.2 Å². The highest BCUT2D eigenvalue weighted by Crippen LogP contribution is 2.19. The Labute approximate surface area is 129 Å². The molecular formula is C19H30O2. The van der Waals surface area contributed by atoms with E-state index in [0.717, 1.165) is 30.6 Å². The Morgan fingerprint density at radius 1 is 0.905 bits per heavy atom. The fourth-order valence-corrected chi connectivity index (χ4v) is 2.47. The molecule has 1 rings (SSSR count). The van der Waals surface area contributed by atoms with Gasteiger partial charge < -0.3 is 4.74 Å². The van der Waals surface area contributed by atoms with Crippen LogP contribution in [0.15, 0.2) is 24.3 Å². The van der Waals surface area contributed by atoms with Crippen LogP contribution >= 0.6 is 0 Å². The molecule has 0 aliphatic heterocycles. The Morgan fingerprint density at radius 2 is 1.52 bits per heavy atom. The molecule has 0 spiro atoms. The third-order valence-electron chi connectivity index (χ3n) is 3.81. The molecule has 21 heavy (non-hydrogen) atoms. The maximum atomic E-state index is 11.8. The van der Waals surface area contributed by atoms with Crippen molar-refractivity contribution in [1.82, 2.24) is 0 Å². The van der Waals surface area contributed by atoms with Crippen molar-refractivity contribution < 1.29 is 9.53 Å². The summed E-state index contributed by atoms with van der Waals surface area (Å²) in [6.45, 7) is 4.31. The van der Waals surface area contributed by atoms with E-state index in [0.29, 0.717) is 6.42 Å². The van der Waals surface area contributed by atoms with E-state index in [1.165, 1.54) is 38.5 Å². The molecule has 0 aromatic heterocycles. The largest absolute Gasteiger partial charge is 0.426 e. The van der Waals surface area contributed by atoms with Crippen LogP contribution in [0.4, 0.5) is 0 Å². The van der Waals surface area contributed by atoms with Gasteiger partial charge in [-0.1, -0.05) is 77.0 Å². The molecule has 0 aliphatic rings. The molecule has 0 atom stereocenters. The molecule has 0 saturated heterocycles. The van der Waals surface area contributed by atoms with Crippen LogP contribution in [0.1, 0.15) is 77.2 Å². The van der Waals surface area contributed by atoms with Crippen LogP contribution in [-0.4, -0.2) is 5.97 Å². The molecule has 118 valence electrons. The summed E-state index contributed by atoms with van der Waals surface area (Å²) in [5, 5.41) is 0. The first-order chi connectivity index (χ1) is 10.3. The quantitative estimate of drug-likeness (QED) is 0.297. The maximum Gasteiger partial charge on any atom is 0.311 e. The van der Waals surface area contributed by atoms with Gasteiger partial charge in [-0.2, -0.15) is 0 Å². The fraction of sp³-hybridized carbons (Fsp3) is 0.632. The average Bonchev–Trinajstić information content (AvgIpc) is 2.50. The van der Waals surface area contributed by atoms with Crippen LogP contribution in [0.3, 0.4) is 0 Å². The molecule has 1 aromatic carbocycles. The third kappa shape index (κ3) is 7.89. The molecular weight excluding hydrogens is 260 g/mol. The molecule has 0 fully saturated rings. The molecule has 0 unspecified atom stereocenters. The van der Waals surface area contributed by atoms with Gasteiger partial charge >= 0.3 is 5.97 Å². The lowest BCUT2D eigenvalue weighted by Gasteiger charge is -2.08. The van der Waals surface area contributed by atoms with E-state index >= 15 is 0 Å². The highest BCUT2D eigenvalue weighted by atomic mass is 16.5. The van der Waals surface area contributed by atoms with Crippen LogP contribution in [0.2, 0.25) is 0 Å². The fourth-order valence-electron chi connectivity index (χ4n) is 2.47. The summed E-state index contributed by atoms with van der Waals surface area (Å²) in [5.74, 6) is 0.631. The Morgan fingerprint density at radius 3 is 2.19 bits per heavy atom. The van der Waals surface area contributed by atoms with Gasteiger partial charge in [0.05, 0.1) is 0 Å². The van der Waals surface area contributed by atoms with E-state index in [9.17, 15) is 4.79 Å². The van der Waals surface area contributed by atoms with E-state index in [1.54, 1.807) is 0 Å². The van der Waals surface area contributed by atoms with Crippen molar-refractivity contribution in [3.63, 3.8) is 0 Å². The second-order valence-corrected chi connectivity index (χ2v) is 5.66. The van der Waals surface area contributed by atoms with Gasteiger partial charge in [0, 0.05) is 6.42 Å². The summed E-state index contributed by atoms with van der Waals surface area (Å²) in [7, 11) is 0. The highest BCUT2D eigenvalue weighted by molar-refractivity contribution is 5.72. The number of benzene rings is 1. The van der Waals surface area contributed by atoms with Crippen molar-refractivity contribution in [2.24, 2.45) is 0 Å². The summed E-state index contributed by atoms with van der Waals surface area (Å²) in [6.07, 6.45) is 11.4. The SMILES string of the molecule is CCCCCCCCCCC(=O)Oc1ccccc1CC. The van der Waals surface area contributed by atoms with Gasteiger partial charge in [0.15, 0.2) is 0 Å². The van der Waals surface area contributed by atoms with Crippen LogP contribution in [0.25, 0.3) is 0 Å². The number of hydrogen-bond acceptors (Lipinski definition) is 2. The summed E-state index contributed by atoms with van der Waals surface area (Å²) in [5.41, 5.74) is 1.10. The first kappa shape index (κ1) is 17.7. The number of para-hydroxylation sites is 1. The molecule has 0 saturated carbocycles. The number of rotatable bonds is 11. The first-order valence-corrected chi connectivity index (χ1v) is 8.56. The topological polar surface area (TPSA) is 26.3 Å². The molecule has 1 aromatic rings. The maximum absolute atomic E-state index is 11.8. The Hall–Kier alpha value is -1.31. The molecule has 0 radical (unpaired) electrons. The van der Waals surface area contributed by atoms with Crippen molar-refractivity contribution in [2.45, 2.75) is 78.1 Å². The number of ether oxygens (including phenoxy) is 1. The number of unbranched alkanes of at least 4 members (excludes halogenated alkanes) is 7. The lowest BCUT2D eigenvalue weighted by atomic mass is 10.1. The van der Waals surface area contributed by atoms with Gasteiger partial charge in [-0.25, -0.2) is 0 Å². The number of esters is 1. The van der Waals surface area contributed by atoms with Crippen LogP contribution in [0.5, 0.6) is 5.75 Å². The standard InChI is InChI=1S/C19H30O2/c1-3-5-6-7-8-9-10-11-16-19(20)21-18-15-13-12-14-17(18)4-2/h12-15H,3-11,16H2,1-2H3. The summed E-state index contributed by atoms with van der Waals surface area (Å²) >= 11 is 0. The van der Waals surface area contributed by atoms with Gasteiger partial charge in [0.2, 0.25) is 0 Å². The van der Waals surface area contributed by atoms with E-state index in [4.69, 9.17) is 4.74 Å². The molecule has 2 nitrogen and oxygen atoms in total. The minimum Gasteiger partial charge on any atom is -0.426 e. The predicted octanol–water partition coefficient (Wildman–Crippen LogP) is 5.69. The first-order valence-electron chi connectivity index (χ1n) is 8.56. The van der Waals surface area contributed by atoms with Gasteiger partial charge in [-0.3, -0.25) is 4.79 Å². The minimum atomic E-state index is -0.0955. The van der Waals surface area contributed by atoms with Crippen LogP contribution in [0, 0.1) is 0 Å². The van der Waals surface area contributed by atoms with Crippen molar-refractivity contribution >= 4 is 5.97 Å². The summed E-state index contributed by atoms with van der Waals surface area (Å²) < 4.78 is 5.46. The Balaban J connectivity index is 2.11. The summed E-state index contributed by atoms with van der Waals surface area (Å²) in [6, 6.07) is 7.79. The van der Waals surface area contributed by atoms with Crippen molar-refractivity contribution in [1.29, 1.82) is 0 Å². The second kappa shape index (κ2) is 11.4. The zero-order chi connectivity index (χ0) is 15.3. The molecule has 0 amide bonds. The monoisotopic (exact) mass is 290 g/mol. The molecule has 2 heteroatoms. The molecule has 0 aliphatic carbocycles. The van der Waals surface area contributed by atoms with Crippen LogP contribution < -0.4 is 4.74 Å². The molecule has 0 N–H and O–H groups in total. The van der Waals surface area contributed by atoms with Gasteiger partial charge in [-0.05, 0) is 24.5 Å². The van der Waals surface area contributed by atoms with Gasteiger partial charge in [0.1, 0.15) is 5.75 Å². The van der Waals surface area contributed by atoms with Crippen molar-refractivity contribution in [3.05, 3.63) is 29.8 Å². The smallest absolute Gasteiger partial charge is 0.311 e. The van der Waals surface area contributed by atoms with Crippen molar-refractivity contribution in [2.75, 3.05) is 0 Å². The lowest BCUT2D eigenvalue weighted by Crippen LogP contribution is -2.08. The summed E-state index contributed by atoms with van der Waals surface area (Å²) in [4.78, 5) is 11.8. The molecule has 0 heterocycles. The average molecular weight is 290 g/mol. The van der Waals surface area contributed by atoms with Gasteiger partial charge in [-0.15, -0.1) is 0 Å². The Kier molecular flexibility index (Phi) is 9.60. The molecule has 0 bridgehead atoms. The zero-order valence-electron chi connectivity index (χ0n) is 13.7. The number of aryl methyl sites for hydroxylation is 1. The Bertz CT molecular complexity index is 398. The van der Waals surface area contributed by atoms with Gasteiger partial charge in [0.25, 0.3) is 0 Å². The number of carbonyl (C=O) groups excluding carboxylic acids is 1. The lowest BCUT2D eigenvalue weighted by molar-refractivity contribution is -0.134. The van der Waals surface area contributed by atoms with E-state index in [-0.39, 0.29) is 5.97 Å². The predicted molar refractivity (Wildman–Crippen MR) is 88.7 cm³/mol. The zero-order valence-corrected chi connectivity index (χ0v) is 13.7. The van der Waals surface area contributed by atoms with E-state index in [2.05, 4.69) is 13.8 Å².